The summed E-state index contributed by atoms with van der Waals surface area (Å²) in [7, 11) is 0. The van der Waals surface area contributed by atoms with E-state index in [9.17, 15) is 10.1 Å². The molecule has 1 atom stereocenters. The van der Waals surface area contributed by atoms with E-state index >= 15 is 0 Å². The number of anilines is 1. The first-order valence-electron chi connectivity index (χ1n) is 13.5. The SMILES string of the molecule is Cc1ccncc1CN(c1ccc(Cl)cc1)C1CCN([C@H](C)CCc2c(C#N)nc(C)c(C(N)=O)c2C)CC1. The number of hydrogen-bond acceptors (Lipinski definition) is 6. The van der Waals surface area contributed by atoms with E-state index < -0.39 is 5.91 Å². The molecule has 2 N–H and O–H groups in total. The molecule has 204 valence electrons. The van der Waals surface area contributed by atoms with Crippen LogP contribution in [-0.2, 0) is 13.0 Å². The van der Waals surface area contributed by atoms with Crippen LogP contribution in [-0.4, -0.2) is 45.9 Å². The van der Waals surface area contributed by atoms with Crippen molar-refractivity contribution in [2.75, 3.05) is 18.0 Å². The predicted molar refractivity (Wildman–Crippen MR) is 156 cm³/mol. The second-order valence-corrected chi connectivity index (χ2v) is 11.0. The topological polar surface area (TPSA) is 99.1 Å². The van der Waals surface area contributed by atoms with Gasteiger partial charge in [0.05, 0.1) is 11.3 Å². The Morgan fingerprint density at radius 3 is 2.51 bits per heavy atom. The normalized spacial score (nSPS) is 15.1. The first-order valence-corrected chi connectivity index (χ1v) is 13.9. The minimum Gasteiger partial charge on any atom is -0.366 e. The average Bonchev–Trinajstić information content (AvgIpc) is 2.92. The molecular formula is C31H37ClN6O. The molecule has 1 saturated heterocycles. The number of halogens is 1. The fraction of sp³-hybridized carbons (Fsp3) is 0.419. The molecule has 3 heterocycles. The molecule has 1 aromatic carbocycles. The van der Waals surface area contributed by atoms with Gasteiger partial charge in [0, 0.05) is 54.8 Å². The van der Waals surface area contributed by atoms with Crippen LogP contribution >= 0.6 is 11.6 Å². The number of nitrogens with zero attached hydrogens (tertiary/aromatic N) is 5. The lowest BCUT2D eigenvalue weighted by Gasteiger charge is -2.42. The molecule has 39 heavy (non-hydrogen) atoms. The Labute approximate surface area is 236 Å². The number of likely N-dealkylation sites (tertiary alicyclic amines) is 1. The molecule has 0 aliphatic carbocycles. The number of carbonyl (C=O) groups is 1. The molecule has 7 nitrogen and oxygen atoms in total. The Kier molecular flexibility index (Phi) is 9.21. The molecule has 8 heteroatoms. The van der Waals surface area contributed by atoms with Gasteiger partial charge in [0.15, 0.2) is 0 Å². The number of nitriles is 1. The van der Waals surface area contributed by atoms with E-state index in [1.165, 1.54) is 16.8 Å². The van der Waals surface area contributed by atoms with E-state index in [4.69, 9.17) is 17.3 Å². The molecule has 3 aromatic rings. The third kappa shape index (κ3) is 6.58. The molecule has 1 aliphatic heterocycles. The van der Waals surface area contributed by atoms with Gasteiger partial charge in [-0.25, -0.2) is 4.98 Å². The molecule has 2 aromatic heterocycles. The highest BCUT2D eigenvalue weighted by atomic mass is 35.5. The zero-order valence-corrected chi connectivity index (χ0v) is 24.0. The van der Waals surface area contributed by atoms with E-state index in [0.717, 1.165) is 55.0 Å². The summed E-state index contributed by atoms with van der Waals surface area (Å²) in [5.41, 5.74) is 12.2. The number of piperidine rings is 1. The highest BCUT2D eigenvalue weighted by Gasteiger charge is 2.28. The predicted octanol–water partition coefficient (Wildman–Crippen LogP) is 5.52. The fourth-order valence-electron chi connectivity index (χ4n) is 5.74. The lowest BCUT2D eigenvalue weighted by Crippen LogP contribution is -2.47. The van der Waals surface area contributed by atoms with Crippen molar-refractivity contribution < 1.29 is 4.79 Å². The van der Waals surface area contributed by atoms with E-state index in [1.54, 1.807) is 6.92 Å². The van der Waals surface area contributed by atoms with Crippen LogP contribution in [0.25, 0.3) is 0 Å². The van der Waals surface area contributed by atoms with Crippen LogP contribution in [0, 0.1) is 32.1 Å². The van der Waals surface area contributed by atoms with E-state index in [2.05, 4.69) is 57.9 Å². The average molecular weight is 545 g/mol. The summed E-state index contributed by atoms with van der Waals surface area (Å²) in [5.74, 6) is -0.495. The summed E-state index contributed by atoms with van der Waals surface area (Å²) < 4.78 is 0. The third-order valence-electron chi connectivity index (χ3n) is 8.13. The number of primary amides is 1. The van der Waals surface area contributed by atoms with Gasteiger partial charge in [0.2, 0.25) is 0 Å². The number of pyridine rings is 2. The monoisotopic (exact) mass is 544 g/mol. The lowest BCUT2D eigenvalue weighted by molar-refractivity contribution is 0.0998. The quantitative estimate of drug-likeness (QED) is 0.381. The Hall–Kier alpha value is -3.47. The Morgan fingerprint density at radius 2 is 1.90 bits per heavy atom. The number of hydrogen-bond donors (Lipinski definition) is 1. The van der Waals surface area contributed by atoms with Crippen molar-refractivity contribution in [2.24, 2.45) is 5.73 Å². The molecule has 0 radical (unpaired) electrons. The fourth-order valence-corrected chi connectivity index (χ4v) is 5.86. The van der Waals surface area contributed by atoms with Gasteiger partial charge in [-0.05, 0) is 106 Å². The van der Waals surface area contributed by atoms with Gasteiger partial charge in [-0.2, -0.15) is 5.26 Å². The van der Waals surface area contributed by atoms with Gasteiger partial charge in [-0.15, -0.1) is 0 Å². The number of aryl methyl sites for hydroxylation is 2. The second-order valence-electron chi connectivity index (χ2n) is 10.6. The minimum atomic E-state index is -0.495. The molecular weight excluding hydrogens is 508 g/mol. The lowest BCUT2D eigenvalue weighted by atomic mass is 9.93. The molecule has 4 rings (SSSR count). The number of benzene rings is 1. The van der Waals surface area contributed by atoms with E-state index in [1.807, 2.05) is 31.5 Å². The minimum absolute atomic E-state index is 0.333. The molecule has 0 bridgehead atoms. The van der Waals surface area contributed by atoms with Crippen LogP contribution in [0.15, 0.2) is 42.7 Å². The number of nitrogens with two attached hydrogens (primary N) is 1. The standard InChI is InChI=1S/C31H37ClN6O/c1-20-11-14-35-18-24(20)19-38(26-8-6-25(32)7-9-26)27-12-15-37(16-13-27)21(2)5-10-28-22(3)30(31(34)39)23(4)36-29(28)17-33/h6-9,11,14,18,21,27H,5,10,12-13,15-16,19H2,1-4H3,(H2,34,39)/t21-/m1/s1. The summed E-state index contributed by atoms with van der Waals surface area (Å²) in [6.07, 6.45) is 7.46. The number of carbonyl (C=O) groups excluding carboxylic acids is 1. The van der Waals surface area contributed by atoms with Crippen molar-refractivity contribution in [3.63, 3.8) is 0 Å². The van der Waals surface area contributed by atoms with Crippen LogP contribution in [0.2, 0.25) is 5.02 Å². The Bertz CT molecular complexity index is 1360. The first kappa shape index (κ1) is 28.5. The summed E-state index contributed by atoms with van der Waals surface area (Å²) in [6.45, 7) is 10.8. The van der Waals surface area contributed by atoms with Gasteiger partial charge < -0.3 is 15.5 Å². The highest BCUT2D eigenvalue weighted by Crippen LogP contribution is 2.29. The smallest absolute Gasteiger partial charge is 0.250 e. The largest absolute Gasteiger partial charge is 0.366 e. The summed E-state index contributed by atoms with van der Waals surface area (Å²) in [4.78, 5) is 25.8. The molecule has 1 amide bonds. The molecule has 0 spiro atoms. The maximum Gasteiger partial charge on any atom is 0.250 e. The number of rotatable bonds is 9. The molecule has 0 unspecified atom stereocenters. The van der Waals surface area contributed by atoms with Crippen LogP contribution in [0.4, 0.5) is 5.69 Å². The third-order valence-corrected chi connectivity index (χ3v) is 8.38. The first-order chi connectivity index (χ1) is 18.7. The van der Waals surface area contributed by atoms with Crippen molar-refractivity contribution in [3.8, 4) is 6.07 Å². The van der Waals surface area contributed by atoms with Crippen molar-refractivity contribution in [1.29, 1.82) is 5.26 Å². The van der Waals surface area contributed by atoms with Crippen molar-refractivity contribution >= 4 is 23.2 Å². The van der Waals surface area contributed by atoms with Gasteiger partial charge in [-0.1, -0.05) is 11.6 Å². The second kappa shape index (κ2) is 12.6. The van der Waals surface area contributed by atoms with Crippen LogP contribution < -0.4 is 10.6 Å². The maximum absolute atomic E-state index is 12.0. The van der Waals surface area contributed by atoms with Crippen molar-refractivity contribution in [1.82, 2.24) is 14.9 Å². The number of aromatic nitrogens is 2. The van der Waals surface area contributed by atoms with E-state index in [-0.39, 0.29) is 0 Å². The van der Waals surface area contributed by atoms with Gasteiger partial charge >= 0.3 is 0 Å². The highest BCUT2D eigenvalue weighted by molar-refractivity contribution is 6.30. The van der Waals surface area contributed by atoms with Crippen LogP contribution in [0.3, 0.4) is 0 Å². The molecule has 1 fully saturated rings. The van der Waals surface area contributed by atoms with E-state index in [0.29, 0.717) is 35.5 Å². The number of amides is 1. The Balaban J connectivity index is 1.44. The zero-order chi connectivity index (χ0) is 28.1. The maximum atomic E-state index is 12.0. The van der Waals surface area contributed by atoms with Crippen LogP contribution in [0.5, 0.6) is 0 Å². The Morgan fingerprint density at radius 1 is 1.21 bits per heavy atom. The van der Waals surface area contributed by atoms with Crippen molar-refractivity contribution in [2.45, 2.75) is 72.0 Å². The summed E-state index contributed by atoms with van der Waals surface area (Å²) in [5, 5.41) is 10.4. The zero-order valence-electron chi connectivity index (χ0n) is 23.2. The molecule has 0 saturated carbocycles. The van der Waals surface area contributed by atoms with Crippen molar-refractivity contribution in [3.05, 3.63) is 87.0 Å². The summed E-state index contributed by atoms with van der Waals surface area (Å²) in [6, 6.07) is 13.1. The van der Waals surface area contributed by atoms with Gasteiger partial charge in [0.25, 0.3) is 5.91 Å². The molecule has 1 aliphatic rings. The van der Waals surface area contributed by atoms with Crippen LogP contribution in [0.1, 0.15) is 70.2 Å². The van der Waals surface area contributed by atoms with Gasteiger partial charge in [0.1, 0.15) is 11.8 Å². The van der Waals surface area contributed by atoms with Gasteiger partial charge in [-0.3, -0.25) is 9.78 Å². The summed E-state index contributed by atoms with van der Waals surface area (Å²) >= 11 is 6.20.